The molecule has 0 aliphatic carbocycles. The molecule has 7 nitrogen and oxygen atoms in total. The second-order valence-electron chi connectivity index (χ2n) is 7.76. The Labute approximate surface area is 171 Å². The molecule has 2 saturated heterocycles. The van der Waals surface area contributed by atoms with Gasteiger partial charge in [0.05, 0.1) is 19.2 Å². The molecule has 0 bridgehead atoms. The summed E-state index contributed by atoms with van der Waals surface area (Å²) >= 11 is 0. The monoisotopic (exact) mass is 396 g/mol. The lowest BCUT2D eigenvalue weighted by Crippen LogP contribution is -2.41. The van der Waals surface area contributed by atoms with Crippen molar-refractivity contribution in [2.24, 2.45) is 0 Å². The summed E-state index contributed by atoms with van der Waals surface area (Å²) in [6.07, 6.45) is 3.09. The minimum atomic E-state index is -0.0459. The van der Waals surface area contributed by atoms with E-state index in [9.17, 15) is 9.59 Å². The Hall–Kier alpha value is -2.67. The number of hydrogen-bond acceptors (Lipinski definition) is 5. The van der Waals surface area contributed by atoms with Gasteiger partial charge in [0, 0.05) is 44.7 Å². The highest BCUT2D eigenvalue weighted by Crippen LogP contribution is 2.20. The van der Waals surface area contributed by atoms with E-state index >= 15 is 0 Å². The highest BCUT2D eigenvalue weighted by Gasteiger charge is 2.24. The molecule has 29 heavy (non-hydrogen) atoms. The van der Waals surface area contributed by atoms with Gasteiger partial charge in [0.15, 0.2) is 0 Å². The Balaban J connectivity index is 1.39. The van der Waals surface area contributed by atoms with E-state index < -0.39 is 0 Å². The number of rotatable bonds is 4. The molecule has 154 valence electrons. The number of nitrogens with zero attached hydrogens (tertiary/aromatic N) is 4. The van der Waals surface area contributed by atoms with Gasteiger partial charge in [0.25, 0.3) is 5.91 Å². The number of amides is 2. The van der Waals surface area contributed by atoms with Crippen LogP contribution < -0.4 is 4.74 Å². The predicted octanol–water partition coefficient (Wildman–Crippen LogP) is 2.01. The molecule has 1 aromatic carbocycles. The Morgan fingerprint density at radius 2 is 1.72 bits per heavy atom. The van der Waals surface area contributed by atoms with Crippen molar-refractivity contribution in [3.63, 3.8) is 0 Å². The maximum absolute atomic E-state index is 13.0. The third-order valence-electron chi connectivity index (χ3n) is 5.81. The molecule has 0 saturated carbocycles. The van der Waals surface area contributed by atoms with E-state index in [1.54, 1.807) is 13.2 Å². The second kappa shape index (κ2) is 8.78. The number of methoxy groups -OCH3 is 1. The Kier molecular flexibility index (Phi) is 5.94. The Morgan fingerprint density at radius 1 is 0.931 bits per heavy atom. The van der Waals surface area contributed by atoms with Gasteiger partial charge in [-0.25, -0.2) is 4.98 Å². The van der Waals surface area contributed by atoms with Crippen LogP contribution in [0.4, 0.5) is 0 Å². The van der Waals surface area contributed by atoms with Crippen molar-refractivity contribution in [2.45, 2.75) is 19.3 Å². The highest BCUT2D eigenvalue weighted by atomic mass is 16.5. The molecule has 0 spiro atoms. The summed E-state index contributed by atoms with van der Waals surface area (Å²) in [4.78, 5) is 36.0. The van der Waals surface area contributed by atoms with Crippen LogP contribution >= 0.6 is 0 Å². The van der Waals surface area contributed by atoms with Crippen LogP contribution in [0.25, 0.3) is 10.9 Å². The molecule has 0 radical (unpaired) electrons. The summed E-state index contributed by atoms with van der Waals surface area (Å²) in [5, 5.41) is 0.948. The van der Waals surface area contributed by atoms with Crippen LogP contribution in [0.1, 0.15) is 29.8 Å². The van der Waals surface area contributed by atoms with Gasteiger partial charge in [0.2, 0.25) is 5.91 Å². The smallest absolute Gasteiger partial charge is 0.272 e. The molecule has 0 N–H and O–H groups in total. The summed E-state index contributed by atoms with van der Waals surface area (Å²) < 4.78 is 5.24. The van der Waals surface area contributed by atoms with Gasteiger partial charge in [-0.1, -0.05) is 6.07 Å². The minimum absolute atomic E-state index is 0.0459. The van der Waals surface area contributed by atoms with Crippen LogP contribution in [0.3, 0.4) is 0 Å². The fourth-order valence-electron chi connectivity index (χ4n) is 4.10. The molecule has 0 atom stereocenters. The van der Waals surface area contributed by atoms with Crippen LogP contribution in [0.15, 0.2) is 30.3 Å². The number of likely N-dealkylation sites (tertiary alicyclic amines) is 1. The molecular formula is C22H28N4O3. The van der Waals surface area contributed by atoms with Crippen molar-refractivity contribution in [1.29, 1.82) is 0 Å². The van der Waals surface area contributed by atoms with Crippen LogP contribution in [0.2, 0.25) is 0 Å². The zero-order valence-electron chi connectivity index (χ0n) is 17.0. The normalized spacial score (nSPS) is 18.1. The maximum atomic E-state index is 13.0. The van der Waals surface area contributed by atoms with Gasteiger partial charge in [-0.15, -0.1) is 0 Å². The number of benzene rings is 1. The average molecular weight is 396 g/mol. The number of carbonyl (C=O) groups is 2. The second-order valence-corrected chi connectivity index (χ2v) is 7.76. The van der Waals surface area contributed by atoms with Crippen molar-refractivity contribution < 1.29 is 14.3 Å². The number of ether oxygens (including phenoxy) is 1. The van der Waals surface area contributed by atoms with E-state index in [0.717, 1.165) is 62.1 Å². The first-order valence-electron chi connectivity index (χ1n) is 10.4. The highest BCUT2D eigenvalue weighted by molar-refractivity contribution is 5.95. The number of hydrogen-bond donors (Lipinski definition) is 0. The predicted molar refractivity (Wildman–Crippen MR) is 111 cm³/mol. The van der Waals surface area contributed by atoms with Gasteiger partial charge in [0.1, 0.15) is 11.4 Å². The lowest BCUT2D eigenvalue weighted by atomic mass is 10.2. The van der Waals surface area contributed by atoms with Gasteiger partial charge in [-0.2, -0.15) is 0 Å². The van der Waals surface area contributed by atoms with Crippen molar-refractivity contribution >= 4 is 22.7 Å². The van der Waals surface area contributed by atoms with E-state index in [-0.39, 0.29) is 11.8 Å². The first-order chi connectivity index (χ1) is 14.1. The summed E-state index contributed by atoms with van der Waals surface area (Å²) in [5.41, 5.74) is 1.24. The van der Waals surface area contributed by atoms with E-state index in [2.05, 4.69) is 9.88 Å². The molecule has 0 unspecified atom stereocenters. The molecule has 2 aromatic rings. The number of pyridine rings is 1. The van der Waals surface area contributed by atoms with Crippen LogP contribution in [0, 0.1) is 0 Å². The Bertz CT molecular complexity index is 895. The van der Waals surface area contributed by atoms with E-state index in [0.29, 0.717) is 25.3 Å². The summed E-state index contributed by atoms with van der Waals surface area (Å²) in [7, 11) is 1.63. The largest absolute Gasteiger partial charge is 0.497 e. The van der Waals surface area contributed by atoms with Crippen LogP contribution in [-0.2, 0) is 4.79 Å². The SMILES string of the molecule is COc1ccc2nc(C(=O)N3CCCN(CC(=O)N4CCCC4)CC3)ccc2c1. The maximum Gasteiger partial charge on any atom is 0.272 e. The first-order valence-corrected chi connectivity index (χ1v) is 10.4. The quantitative estimate of drug-likeness (QED) is 0.791. The van der Waals surface area contributed by atoms with Crippen molar-refractivity contribution in [1.82, 2.24) is 19.7 Å². The number of carbonyl (C=O) groups excluding carboxylic acids is 2. The standard InChI is InChI=1S/C22H28N4O3/c1-29-18-6-8-19-17(15-18)5-7-20(23-19)22(28)26-12-4-9-24(13-14-26)16-21(27)25-10-2-3-11-25/h5-8,15H,2-4,9-14,16H2,1H3. The lowest BCUT2D eigenvalue weighted by Gasteiger charge is -2.23. The molecule has 3 heterocycles. The summed E-state index contributed by atoms with van der Waals surface area (Å²) in [6.45, 7) is 5.10. The molecule has 2 aliphatic rings. The average Bonchev–Trinajstić information content (AvgIpc) is 3.20. The molecule has 2 aliphatic heterocycles. The van der Waals surface area contributed by atoms with E-state index in [1.807, 2.05) is 34.1 Å². The van der Waals surface area contributed by atoms with Crippen molar-refractivity contribution in [3.8, 4) is 5.75 Å². The topological polar surface area (TPSA) is 66.0 Å². The zero-order valence-corrected chi connectivity index (χ0v) is 17.0. The summed E-state index contributed by atoms with van der Waals surface area (Å²) in [5.74, 6) is 0.943. The van der Waals surface area contributed by atoms with E-state index in [1.165, 1.54) is 0 Å². The fourth-order valence-corrected chi connectivity index (χ4v) is 4.10. The molecule has 7 heteroatoms. The van der Waals surface area contributed by atoms with Crippen molar-refractivity contribution in [3.05, 3.63) is 36.0 Å². The minimum Gasteiger partial charge on any atom is -0.497 e. The summed E-state index contributed by atoms with van der Waals surface area (Å²) in [6, 6.07) is 9.34. The molecular weight excluding hydrogens is 368 g/mol. The van der Waals surface area contributed by atoms with Gasteiger partial charge in [-0.05, 0) is 43.5 Å². The Morgan fingerprint density at radius 3 is 2.52 bits per heavy atom. The fraction of sp³-hybridized carbons (Fsp3) is 0.500. The molecule has 1 aromatic heterocycles. The van der Waals surface area contributed by atoms with Crippen LogP contribution in [-0.4, -0.2) is 84.4 Å². The number of aromatic nitrogens is 1. The van der Waals surface area contributed by atoms with E-state index in [4.69, 9.17) is 4.74 Å². The third kappa shape index (κ3) is 4.50. The van der Waals surface area contributed by atoms with Gasteiger partial charge < -0.3 is 14.5 Å². The molecule has 4 rings (SSSR count). The lowest BCUT2D eigenvalue weighted by molar-refractivity contribution is -0.131. The first kappa shape index (κ1) is 19.6. The number of fused-ring (bicyclic) bond motifs is 1. The molecule has 2 fully saturated rings. The van der Waals surface area contributed by atoms with Gasteiger partial charge >= 0.3 is 0 Å². The van der Waals surface area contributed by atoms with Crippen molar-refractivity contribution in [2.75, 3.05) is 52.9 Å². The third-order valence-corrected chi connectivity index (χ3v) is 5.81. The van der Waals surface area contributed by atoms with Crippen LogP contribution in [0.5, 0.6) is 5.75 Å². The zero-order chi connectivity index (χ0) is 20.2. The van der Waals surface area contributed by atoms with Gasteiger partial charge in [-0.3, -0.25) is 14.5 Å². The molecule has 2 amide bonds.